The van der Waals surface area contributed by atoms with Gasteiger partial charge in [-0.25, -0.2) is 0 Å². The highest BCUT2D eigenvalue weighted by Crippen LogP contribution is 2.38. The third-order valence-corrected chi connectivity index (χ3v) is 3.60. The van der Waals surface area contributed by atoms with Crippen molar-refractivity contribution in [3.8, 4) is 23.3 Å². The number of nitrogens with one attached hydrogen (secondary N) is 1. The molecule has 25 heavy (non-hydrogen) atoms. The molecule has 1 N–H and O–H groups in total. The van der Waals surface area contributed by atoms with Gasteiger partial charge in [0.2, 0.25) is 5.75 Å². The van der Waals surface area contributed by atoms with E-state index in [0.29, 0.717) is 39.9 Å². The van der Waals surface area contributed by atoms with Crippen molar-refractivity contribution in [3.05, 3.63) is 29.1 Å². The van der Waals surface area contributed by atoms with Crippen LogP contribution in [0.4, 0.5) is 5.69 Å². The standard InChI is InChI=1S/C17H21N3O5/c1-9-14(10(2)19-17(18-9)25-6)20-16(21)11-7-12(22-3)15(24-5)13(8-11)23-4/h7-8H,1-6H3,(H,20,21). The molecular formula is C17H21N3O5. The molecular weight excluding hydrogens is 326 g/mol. The van der Waals surface area contributed by atoms with Gasteiger partial charge in [-0.3, -0.25) is 4.79 Å². The Hall–Kier alpha value is -3.03. The van der Waals surface area contributed by atoms with Crippen molar-refractivity contribution in [2.24, 2.45) is 0 Å². The molecule has 0 radical (unpaired) electrons. The summed E-state index contributed by atoms with van der Waals surface area (Å²) in [5.41, 5.74) is 2.08. The molecule has 0 aliphatic carbocycles. The molecule has 0 bridgehead atoms. The lowest BCUT2D eigenvalue weighted by atomic mass is 10.1. The van der Waals surface area contributed by atoms with Gasteiger partial charge in [0.05, 0.1) is 45.5 Å². The molecule has 1 aromatic carbocycles. The van der Waals surface area contributed by atoms with Crippen molar-refractivity contribution in [2.75, 3.05) is 33.8 Å². The number of hydrogen-bond acceptors (Lipinski definition) is 7. The quantitative estimate of drug-likeness (QED) is 0.857. The van der Waals surface area contributed by atoms with E-state index < -0.39 is 0 Å². The number of benzene rings is 1. The molecule has 134 valence electrons. The van der Waals surface area contributed by atoms with Crippen molar-refractivity contribution >= 4 is 11.6 Å². The van der Waals surface area contributed by atoms with E-state index in [0.717, 1.165) is 0 Å². The van der Waals surface area contributed by atoms with E-state index in [4.69, 9.17) is 18.9 Å². The van der Waals surface area contributed by atoms with Crippen LogP contribution in [-0.2, 0) is 0 Å². The zero-order chi connectivity index (χ0) is 18.6. The first-order valence-corrected chi connectivity index (χ1v) is 7.45. The number of ether oxygens (including phenoxy) is 4. The summed E-state index contributed by atoms with van der Waals surface area (Å²) >= 11 is 0. The Balaban J connectivity index is 2.39. The van der Waals surface area contributed by atoms with Gasteiger partial charge in [0, 0.05) is 5.56 Å². The second-order valence-electron chi connectivity index (χ2n) is 5.12. The predicted molar refractivity (Wildman–Crippen MR) is 92.1 cm³/mol. The van der Waals surface area contributed by atoms with E-state index in [-0.39, 0.29) is 11.9 Å². The molecule has 2 rings (SSSR count). The maximum Gasteiger partial charge on any atom is 0.316 e. The monoisotopic (exact) mass is 347 g/mol. The maximum atomic E-state index is 12.7. The Labute approximate surface area is 146 Å². The van der Waals surface area contributed by atoms with Crippen LogP contribution in [0.15, 0.2) is 12.1 Å². The van der Waals surface area contributed by atoms with E-state index in [9.17, 15) is 4.79 Å². The molecule has 2 aromatic rings. The lowest BCUT2D eigenvalue weighted by Crippen LogP contribution is -2.16. The minimum absolute atomic E-state index is 0.251. The van der Waals surface area contributed by atoms with Gasteiger partial charge in [0.15, 0.2) is 11.5 Å². The number of nitrogens with zero attached hydrogens (tertiary/aromatic N) is 2. The van der Waals surface area contributed by atoms with Gasteiger partial charge >= 0.3 is 6.01 Å². The Bertz CT molecular complexity index is 744. The molecule has 0 unspecified atom stereocenters. The molecule has 0 spiro atoms. The highest BCUT2D eigenvalue weighted by Gasteiger charge is 2.19. The molecule has 0 saturated carbocycles. The lowest BCUT2D eigenvalue weighted by Gasteiger charge is -2.15. The van der Waals surface area contributed by atoms with Crippen molar-refractivity contribution in [1.82, 2.24) is 9.97 Å². The third kappa shape index (κ3) is 3.73. The van der Waals surface area contributed by atoms with Crippen LogP contribution >= 0.6 is 0 Å². The number of hydrogen-bond donors (Lipinski definition) is 1. The summed E-state index contributed by atoms with van der Waals surface area (Å²) in [6.45, 7) is 3.53. The van der Waals surface area contributed by atoms with Crippen LogP contribution < -0.4 is 24.3 Å². The van der Waals surface area contributed by atoms with E-state index in [1.54, 1.807) is 26.0 Å². The summed E-state index contributed by atoms with van der Waals surface area (Å²) in [7, 11) is 5.97. The number of anilines is 1. The zero-order valence-corrected chi connectivity index (χ0v) is 15.1. The number of amides is 1. The molecule has 8 heteroatoms. The number of aromatic nitrogens is 2. The molecule has 8 nitrogen and oxygen atoms in total. The van der Waals surface area contributed by atoms with Gasteiger partial charge in [-0.2, -0.15) is 9.97 Å². The van der Waals surface area contributed by atoms with Gasteiger partial charge in [0.25, 0.3) is 5.91 Å². The van der Waals surface area contributed by atoms with Gasteiger partial charge < -0.3 is 24.3 Å². The van der Waals surface area contributed by atoms with E-state index in [1.807, 2.05) is 0 Å². The molecule has 1 heterocycles. The van der Waals surface area contributed by atoms with E-state index >= 15 is 0 Å². The Kier molecular flexibility index (Phi) is 5.63. The van der Waals surface area contributed by atoms with E-state index in [2.05, 4.69) is 15.3 Å². The van der Waals surface area contributed by atoms with Gasteiger partial charge in [-0.05, 0) is 26.0 Å². The largest absolute Gasteiger partial charge is 0.493 e. The zero-order valence-electron chi connectivity index (χ0n) is 15.1. The smallest absolute Gasteiger partial charge is 0.316 e. The topological polar surface area (TPSA) is 91.8 Å². The van der Waals surface area contributed by atoms with Crippen LogP contribution in [0.2, 0.25) is 0 Å². The Morgan fingerprint density at radius 1 is 0.880 bits per heavy atom. The van der Waals surface area contributed by atoms with Gasteiger partial charge in [0.1, 0.15) is 0 Å². The summed E-state index contributed by atoms with van der Waals surface area (Å²) in [5.74, 6) is 0.860. The van der Waals surface area contributed by atoms with Crippen LogP contribution in [0.3, 0.4) is 0 Å². The van der Waals surface area contributed by atoms with Crippen molar-refractivity contribution in [1.29, 1.82) is 0 Å². The number of carbonyl (C=O) groups is 1. The summed E-state index contributed by atoms with van der Waals surface area (Å²) < 4.78 is 20.8. The van der Waals surface area contributed by atoms with Gasteiger partial charge in [-0.1, -0.05) is 0 Å². The molecule has 0 aliphatic heterocycles. The van der Waals surface area contributed by atoms with Crippen LogP contribution in [-0.4, -0.2) is 44.3 Å². The SMILES string of the molecule is COc1nc(C)c(NC(=O)c2cc(OC)c(OC)c(OC)c2)c(C)n1. The van der Waals surface area contributed by atoms with Gasteiger partial charge in [-0.15, -0.1) is 0 Å². The third-order valence-electron chi connectivity index (χ3n) is 3.60. The molecule has 1 aromatic heterocycles. The fourth-order valence-electron chi connectivity index (χ4n) is 2.36. The predicted octanol–water partition coefficient (Wildman–Crippen LogP) is 2.38. The normalized spacial score (nSPS) is 10.2. The summed E-state index contributed by atoms with van der Waals surface area (Å²) in [4.78, 5) is 21.0. The number of methoxy groups -OCH3 is 4. The first kappa shape index (κ1) is 18.3. The van der Waals surface area contributed by atoms with Crippen LogP contribution in [0, 0.1) is 13.8 Å². The van der Waals surface area contributed by atoms with Crippen molar-refractivity contribution in [2.45, 2.75) is 13.8 Å². The average Bonchev–Trinajstić information content (AvgIpc) is 2.62. The lowest BCUT2D eigenvalue weighted by molar-refractivity contribution is 0.102. The van der Waals surface area contributed by atoms with Crippen molar-refractivity contribution < 1.29 is 23.7 Å². The first-order chi connectivity index (χ1) is 11.9. The number of aryl methyl sites for hydroxylation is 2. The minimum Gasteiger partial charge on any atom is -0.493 e. The molecule has 0 aliphatic rings. The fraction of sp³-hybridized carbons (Fsp3) is 0.353. The van der Waals surface area contributed by atoms with Crippen LogP contribution in [0.25, 0.3) is 0 Å². The minimum atomic E-state index is -0.348. The second-order valence-corrected chi connectivity index (χ2v) is 5.12. The molecule has 1 amide bonds. The second kappa shape index (κ2) is 7.69. The summed E-state index contributed by atoms with van der Waals surface area (Å²) in [5, 5.41) is 2.81. The number of rotatable bonds is 6. The summed E-state index contributed by atoms with van der Waals surface area (Å²) in [6, 6.07) is 3.40. The highest BCUT2D eigenvalue weighted by molar-refractivity contribution is 6.05. The Morgan fingerprint density at radius 3 is 1.80 bits per heavy atom. The van der Waals surface area contributed by atoms with E-state index in [1.165, 1.54) is 28.4 Å². The average molecular weight is 347 g/mol. The highest BCUT2D eigenvalue weighted by atomic mass is 16.5. The molecule has 0 fully saturated rings. The van der Waals surface area contributed by atoms with Crippen LogP contribution in [0.5, 0.6) is 23.3 Å². The van der Waals surface area contributed by atoms with Crippen molar-refractivity contribution in [3.63, 3.8) is 0 Å². The first-order valence-electron chi connectivity index (χ1n) is 7.45. The molecule has 0 saturated heterocycles. The van der Waals surface area contributed by atoms with Crippen LogP contribution in [0.1, 0.15) is 21.7 Å². The summed E-state index contributed by atoms with van der Waals surface area (Å²) in [6.07, 6.45) is 0. The molecule has 0 atom stereocenters. The number of carbonyl (C=O) groups excluding carboxylic acids is 1. The maximum absolute atomic E-state index is 12.7. The fourth-order valence-corrected chi connectivity index (χ4v) is 2.36. The Morgan fingerprint density at radius 2 is 1.40 bits per heavy atom.